The Kier molecular flexibility index (Phi) is 4.78. The van der Waals surface area contributed by atoms with Crippen LogP contribution in [0.2, 0.25) is 0 Å². The Hall–Kier alpha value is -0.120. The van der Waals surface area contributed by atoms with Gasteiger partial charge in [-0.2, -0.15) is 0 Å². The van der Waals surface area contributed by atoms with Crippen molar-refractivity contribution in [2.75, 3.05) is 26.2 Å². The molecule has 2 aliphatic carbocycles. The summed E-state index contributed by atoms with van der Waals surface area (Å²) in [4.78, 5) is 2.74. The quantitative estimate of drug-likeness (QED) is 0.827. The molecule has 110 valence electrons. The summed E-state index contributed by atoms with van der Waals surface area (Å²) in [6.07, 6.45) is 10.2. The Morgan fingerprint density at radius 1 is 1.16 bits per heavy atom. The van der Waals surface area contributed by atoms with Gasteiger partial charge < -0.3 is 10.1 Å². The largest absolute Gasteiger partial charge is 0.375 e. The van der Waals surface area contributed by atoms with E-state index in [1.807, 2.05) is 0 Å². The highest BCUT2D eigenvalue weighted by molar-refractivity contribution is 4.90. The molecule has 1 aliphatic heterocycles. The lowest BCUT2D eigenvalue weighted by atomic mass is 9.98. The minimum absolute atomic E-state index is 0.557. The zero-order valence-electron chi connectivity index (χ0n) is 12.4. The highest BCUT2D eigenvalue weighted by Crippen LogP contribution is 2.32. The second kappa shape index (κ2) is 6.55. The molecule has 4 unspecified atom stereocenters. The predicted octanol–water partition coefficient (Wildman–Crippen LogP) is 2.41. The predicted molar refractivity (Wildman–Crippen MR) is 78.4 cm³/mol. The van der Waals surface area contributed by atoms with Gasteiger partial charge in [0.15, 0.2) is 0 Å². The van der Waals surface area contributed by atoms with E-state index >= 15 is 0 Å². The fourth-order valence-corrected chi connectivity index (χ4v) is 4.53. The number of rotatable bonds is 5. The standard InChI is InChI=1S/C16H30N2O/c1-2-17-14-6-3-5-13(14)9-10-18-11-12-19-16-8-4-7-15(16)18/h13-17H,2-12H2,1H3. The Morgan fingerprint density at radius 2 is 2.05 bits per heavy atom. The fourth-order valence-electron chi connectivity index (χ4n) is 4.53. The molecule has 2 saturated carbocycles. The summed E-state index contributed by atoms with van der Waals surface area (Å²) in [5.41, 5.74) is 0. The van der Waals surface area contributed by atoms with Crippen molar-refractivity contribution in [3.8, 4) is 0 Å². The van der Waals surface area contributed by atoms with Crippen molar-refractivity contribution in [1.82, 2.24) is 10.2 Å². The average Bonchev–Trinajstić information content (AvgIpc) is 3.05. The third-order valence-corrected chi connectivity index (χ3v) is 5.51. The van der Waals surface area contributed by atoms with Crippen molar-refractivity contribution in [2.24, 2.45) is 5.92 Å². The number of nitrogens with one attached hydrogen (secondary N) is 1. The van der Waals surface area contributed by atoms with E-state index in [0.717, 1.165) is 31.2 Å². The van der Waals surface area contributed by atoms with Crippen molar-refractivity contribution in [3.05, 3.63) is 0 Å². The smallest absolute Gasteiger partial charge is 0.0730 e. The van der Waals surface area contributed by atoms with Crippen LogP contribution in [0.5, 0.6) is 0 Å². The number of nitrogens with zero attached hydrogens (tertiary/aromatic N) is 1. The molecule has 0 aromatic rings. The third-order valence-electron chi connectivity index (χ3n) is 5.51. The monoisotopic (exact) mass is 266 g/mol. The van der Waals surface area contributed by atoms with Crippen LogP contribution in [0.4, 0.5) is 0 Å². The van der Waals surface area contributed by atoms with Crippen molar-refractivity contribution < 1.29 is 4.74 Å². The van der Waals surface area contributed by atoms with E-state index in [-0.39, 0.29) is 0 Å². The highest BCUT2D eigenvalue weighted by atomic mass is 16.5. The minimum atomic E-state index is 0.557. The van der Waals surface area contributed by atoms with Gasteiger partial charge in [-0.15, -0.1) is 0 Å². The summed E-state index contributed by atoms with van der Waals surface area (Å²) in [6, 6.07) is 1.54. The van der Waals surface area contributed by atoms with Gasteiger partial charge in [-0.05, 0) is 57.5 Å². The van der Waals surface area contributed by atoms with E-state index in [1.54, 1.807) is 0 Å². The van der Waals surface area contributed by atoms with E-state index in [4.69, 9.17) is 4.74 Å². The van der Waals surface area contributed by atoms with E-state index in [9.17, 15) is 0 Å². The molecule has 3 rings (SSSR count). The molecule has 3 nitrogen and oxygen atoms in total. The van der Waals surface area contributed by atoms with Crippen LogP contribution in [-0.4, -0.2) is 49.3 Å². The maximum Gasteiger partial charge on any atom is 0.0730 e. The molecule has 0 spiro atoms. The maximum atomic E-state index is 5.91. The molecule has 0 aromatic carbocycles. The third kappa shape index (κ3) is 3.14. The normalized spacial score (nSPS) is 39.6. The zero-order chi connectivity index (χ0) is 13.1. The van der Waals surface area contributed by atoms with Crippen LogP contribution in [0, 0.1) is 5.92 Å². The Morgan fingerprint density at radius 3 is 2.95 bits per heavy atom. The minimum Gasteiger partial charge on any atom is -0.375 e. The van der Waals surface area contributed by atoms with Gasteiger partial charge in [0.1, 0.15) is 0 Å². The van der Waals surface area contributed by atoms with Gasteiger partial charge in [-0.25, -0.2) is 0 Å². The summed E-state index contributed by atoms with van der Waals surface area (Å²) in [5, 5.41) is 3.69. The summed E-state index contributed by atoms with van der Waals surface area (Å²) in [5.74, 6) is 0.919. The first-order valence-electron chi connectivity index (χ1n) is 8.47. The SMILES string of the molecule is CCNC1CCCC1CCN1CCOC2CCCC21. The van der Waals surface area contributed by atoms with Crippen LogP contribution >= 0.6 is 0 Å². The summed E-state index contributed by atoms with van der Waals surface area (Å²) < 4.78 is 5.91. The molecule has 19 heavy (non-hydrogen) atoms. The second-order valence-electron chi connectivity index (χ2n) is 6.59. The van der Waals surface area contributed by atoms with Crippen LogP contribution in [0.15, 0.2) is 0 Å². The van der Waals surface area contributed by atoms with Crippen molar-refractivity contribution in [1.29, 1.82) is 0 Å². The van der Waals surface area contributed by atoms with Gasteiger partial charge in [0.25, 0.3) is 0 Å². The van der Waals surface area contributed by atoms with Gasteiger partial charge in [0, 0.05) is 18.6 Å². The van der Waals surface area contributed by atoms with Crippen LogP contribution in [0.25, 0.3) is 0 Å². The lowest BCUT2D eigenvalue weighted by Crippen LogP contribution is -2.49. The zero-order valence-corrected chi connectivity index (χ0v) is 12.4. The van der Waals surface area contributed by atoms with E-state index in [0.29, 0.717) is 6.10 Å². The molecule has 1 saturated heterocycles. The second-order valence-corrected chi connectivity index (χ2v) is 6.59. The Labute approximate surface area is 118 Å². The number of hydrogen-bond donors (Lipinski definition) is 1. The molecule has 3 heteroatoms. The molecule has 1 heterocycles. The molecule has 0 radical (unpaired) electrons. The van der Waals surface area contributed by atoms with Gasteiger partial charge in [-0.3, -0.25) is 4.90 Å². The summed E-state index contributed by atoms with van der Waals surface area (Å²) in [7, 11) is 0. The molecule has 4 atom stereocenters. The first kappa shape index (κ1) is 13.8. The topological polar surface area (TPSA) is 24.5 Å². The van der Waals surface area contributed by atoms with Crippen LogP contribution in [-0.2, 0) is 4.74 Å². The molecular weight excluding hydrogens is 236 g/mol. The lowest BCUT2D eigenvalue weighted by molar-refractivity contribution is -0.0570. The van der Waals surface area contributed by atoms with Gasteiger partial charge in [-0.1, -0.05) is 13.3 Å². The number of morpholine rings is 1. The molecule has 0 aromatic heterocycles. The van der Waals surface area contributed by atoms with E-state index in [1.165, 1.54) is 58.0 Å². The van der Waals surface area contributed by atoms with Gasteiger partial charge in [0.2, 0.25) is 0 Å². The first-order valence-corrected chi connectivity index (χ1v) is 8.47. The average molecular weight is 266 g/mol. The van der Waals surface area contributed by atoms with Crippen LogP contribution < -0.4 is 5.32 Å². The maximum absolute atomic E-state index is 5.91. The van der Waals surface area contributed by atoms with Gasteiger partial charge >= 0.3 is 0 Å². The van der Waals surface area contributed by atoms with Crippen molar-refractivity contribution in [2.45, 2.75) is 70.1 Å². The Bertz CT molecular complexity index is 284. The van der Waals surface area contributed by atoms with Crippen LogP contribution in [0.3, 0.4) is 0 Å². The number of hydrogen-bond acceptors (Lipinski definition) is 3. The molecule has 0 bridgehead atoms. The highest BCUT2D eigenvalue weighted by Gasteiger charge is 2.36. The fraction of sp³-hybridized carbons (Fsp3) is 1.00. The lowest BCUT2D eigenvalue weighted by Gasteiger charge is -2.38. The molecule has 0 amide bonds. The molecular formula is C16H30N2O. The van der Waals surface area contributed by atoms with E-state index < -0.39 is 0 Å². The molecule has 1 N–H and O–H groups in total. The Balaban J connectivity index is 1.48. The molecule has 3 aliphatic rings. The molecule has 3 fully saturated rings. The van der Waals surface area contributed by atoms with Crippen molar-refractivity contribution >= 4 is 0 Å². The van der Waals surface area contributed by atoms with Crippen LogP contribution in [0.1, 0.15) is 51.9 Å². The van der Waals surface area contributed by atoms with E-state index in [2.05, 4.69) is 17.1 Å². The van der Waals surface area contributed by atoms with Gasteiger partial charge in [0.05, 0.1) is 12.7 Å². The number of fused-ring (bicyclic) bond motifs is 1. The van der Waals surface area contributed by atoms with Crippen molar-refractivity contribution in [3.63, 3.8) is 0 Å². The first-order chi connectivity index (χ1) is 9.38. The summed E-state index contributed by atoms with van der Waals surface area (Å²) >= 11 is 0. The summed E-state index contributed by atoms with van der Waals surface area (Å²) in [6.45, 7) is 6.79. The number of ether oxygens (including phenoxy) is 1.